The molecule has 0 radical (unpaired) electrons. The minimum Gasteiger partial charge on any atom is -0.394 e. The van der Waals surface area contributed by atoms with Crippen molar-refractivity contribution in [3.63, 3.8) is 0 Å². The molecule has 3 aliphatic rings. The maximum absolute atomic E-state index is 13.0. The zero-order valence-electron chi connectivity index (χ0n) is 12.1. The molecule has 4 rings (SSSR count). The van der Waals surface area contributed by atoms with E-state index in [1.807, 2.05) is 4.90 Å². The number of nitrogens with zero attached hydrogens (tertiary/aromatic N) is 1. The summed E-state index contributed by atoms with van der Waals surface area (Å²) in [5.74, 6) is 0.762. The Morgan fingerprint density at radius 3 is 3.00 bits per heavy atom. The van der Waals surface area contributed by atoms with Gasteiger partial charge in [0.1, 0.15) is 0 Å². The Labute approximate surface area is 125 Å². The van der Waals surface area contributed by atoms with Crippen molar-refractivity contribution in [2.75, 3.05) is 6.61 Å². The van der Waals surface area contributed by atoms with E-state index >= 15 is 0 Å². The third kappa shape index (κ3) is 1.95. The summed E-state index contributed by atoms with van der Waals surface area (Å²) < 4.78 is 0. The highest BCUT2D eigenvalue weighted by Crippen LogP contribution is 2.46. The van der Waals surface area contributed by atoms with E-state index in [9.17, 15) is 9.90 Å². The zero-order valence-corrected chi connectivity index (χ0v) is 12.1. The number of aliphatic hydroxyl groups is 1. The summed E-state index contributed by atoms with van der Waals surface area (Å²) in [7, 11) is 0. The molecule has 1 fully saturated rings. The first-order valence-corrected chi connectivity index (χ1v) is 7.97. The number of benzene rings is 1. The first-order chi connectivity index (χ1) is 10.3. The molecule has 0 aromatic heterocycles. The van der Waals surface area contributed by atoms with Gasteiger partial charge in [0.05, 0.1) is 18.7 Å². The van der Waals surface area contributed by atoms with E-state index in [2.05, 4.69) is 36.4 Å². The van der Waals surface area contributed by atoms with Gasteiger partial charge in [-0.3, -0.25) is 4.79 Å². The molecule has 110 valence electrons. The summed E-state index contributed by atoms with van der Waals surface area (Å²) >= 11 is 0. The van der Waals surface area contributed by atoms with Crippen LogP contribution in [0.15, 0.2) is 36.4 Å². The minimum absolute atomic E-state index is 0.0516. The predicted octanol–water partition coefficient (Wildman–Crippen LogP) is 2.46. The van der Waals surface area contributed by atoms with Gasteiger partial charge in [-0.25, -0.2) is 0 Å². The first-order valence-electron chi connectivity index (χ1n) is 7.97. The molecule has 2 heterocycles. The molecule has 1 aromatic rings. The molecule has 1 aliphatic carbocycles. The van der Waals surface area contributed by atoms with E-state index in [4.69, 9.17) is 0 Å². The summed E-state index contributed by atoms with van der Waals surface area (Å²) in [6.07, 6.45) is 8.22. The molecule has 1 N–H and O–H groups in total. The van der Waals surface area contributed by atoms with E-state index < -0.39 is 0 Å². The van der Waals surface area contributed by atoms with Crippen LogP contribution in [0.1, 0.15) is 36.4 Å². The summed E-state index contributed by atoms with van der Waals surface area (Å²) in [6.45, 7) is 0.0593. The number of hydrogen-bond donors (Lipinski definition) is 1. The van der Waals surface area contributed by atoms with Crippen molar-refractivity contribution >= 4 is 5.91 Å². The van der Waals surface area contributed by atoms with Crippen LogP contribution < -0.4 is 0 Å². The van der Waals surface area contributed by atoms with Crippen molar-refractivity contribution in [1.29, 1.82) is 0 Å². The second kappa shape index (κ2) is 4.99. The molecule has 0 bridgehead atoms. The van der Waals surface area contributed by atoms with Crippen LogP contribution in [-0.2, 0) is 11.2 Å². The molecule has 1 saturated heterocycles. The second-order valence-electron chi connectivity index (χ2n) is 6.51. The smallest absolute Gasteiger partial charge is 0.227 e. The molecule has 0 unspecified atom stereocenters. The van der Waals surface area contributed by atoms with Gasteiger partial charge in [-0.1, -0.05) is 36.4 Å². The van der Waals surface area contributed by atoms with Gasteiger partial charge in [0.25, 0.3) is 0 Å². The number of aliphatic hydroxyl groups excluding tert-OH is 1. The molecule has 3 heteroatoms. The van der Waals surface area contributed by atoms with Gasteiger partial charge in [-0.15, -0.1) is 0 Å². The molecule has 1 aromatic carbocycles. The molecule has 1 amide bonds. The average molecular weight is 283 g/mol. The van der Waals surface area contributed by atoms with Gasteiger partial charge in [-0.2, -0.15) is 0 Å². The molecular formula is C18H21NO2. The number of carbonyl (C=O) groups excluding carboxylic acids is 1. The highest BCUT2D eigenvalue weighted by atomic mass is 16.3. The van der Waals surface area contributed by atoms with Crippen LogP contribution in [0.5, 0.6) is 0 Å². The fourth-order valence-corrected chi connectivity index (χ4v) is 4.42. The lowest BCUT2D eigenvalue weighted by atomic mass is 9.71. The fraction of sp³-hybridized carbons (Fsp3) is 0.500. The number of fused-ring (bicyclic) bond motifs is 4. The minimum atomic E-state index is -0.0516. The standard InChI is InChI=1S/C18H21NO2/c20-11-14-9-12-5-1-3-7-15(12)17-10-13-6-2-4-8-16(13)18(21)19(14)17/h1-3,5-7,13-14,16-17,20H,4,8-11H2/t13-,14-,16-,17-/m0/s1. The number of rotatable bonds is 1. The van der Waals surface area contributed by atoms with Gasteiger partial charge in [0.2, 0.25) is 5.91 Å². The van der Waals surface area contributed by atoms with Crippen molar-refractivity contribution in [3.05, 3.63) is 47.5 Å². The lowest BCUT2D eigenvalue weighted by molar-refractivity contribution is -0.150. The molecule has 4 atom stereocenters. The van der Waals surface area contributed by atoms with E-state index in [0.717, 1.165) is 25.7 Å². The van der Waals surface area contributed by atoms with Crippen molar-refractivity contribution < 1.29 is 9.90 Å². The Balaban J connectivity index is 1.78. The van der Waals surface area contributed by atoms with E-state index in [-0.39, 0.29) is 30.5 Å². The average Bonchev–Trinajstić information content (AvgIpc) is 2.54. The quantitative estimate of drug-likeness (QED) is 0.804. The van der Waals surface area contributed by atoms with Crippen molar-refractivity contribution in [3.8, 4) is 0 Å². The molecule has 3 nitrogen and oxygen atoms in total. The van der Waals surface area contributed by atoms with E-state index in [1.54, 1.807) is 0 Å². The summed E-state index contributed by atoms with van der Waals surface area (Å²) in [4.78, 5) is 15.0. The van der Waals surface area contributed by atoms with Crippen LogP contribution in [0.3, 0.4) is 0 Å². The normalized spacial score (nSPS) is 34.1. The third-order valence-corrected chi connectivity index (χ3v) is 5.42. The SMILES string of the molecule is O=C1[C@H]2CCC=C[C@H]2C[C@H]2c3ccccc3C[C@@H](CO)N12. The zero-order chi connectivity index (χ0) is 14.4. The van der Waals surface area contributed by atoms with Gasteiger partial charge in [-0.05, 0) is 42.7 Å². The number of allylic oxidation sites excluding steroid dienone is 2. The topological polar surface area (TPSA) is 40.5 Å². The van der Waals surface area contributed by atoms with Gasteiger partial charge >= 0.3 is 0 Å². The van der Waals surface area contributed by atoms with Crippen LogP contribution in [0.25, 0.3) is 0 Å². The molecule has 0 spiro atoms. The molecular weight excluding hydrogens is 262 g/mol. The van der Waals surface area contributed by atoms with E-state index in [0.29, 0.717) is 5.92 Å². The number of hydrogen-bond acceptors (Lipinski definition) is 2. The maximum Gasteiger partial charge on any atom is 0.227 e. The largest absolute Gasteiger partial charge is 0.394 e. The van der Waals surface area contributed by atoms with Crippen LogP contribution in [0.4, 0.5) is 0 Å². The van der Waals surface area contributed by atoms with Crippen LogP contribution in [0.2, 0.25) is 0 Å². The van der Waals surface area contributed by atoms with E-state index in [1.165, 1.54) is 11.1 Å². The van der Waals surface area contributed by atoms with Gasteiger partial charge in [0.15, 0.2) is 0 Å². The lowest BCUT2D eigenvalue weighted by Gasteiger charge is -2.50. The van der Waals surface area contributed by atoms with Crippen LogP contribution >= 0.6 is 0 Å². The summed E-state index contributed by atoms with van der Waals surface area (Å²) in [6, 6.07) is 8.50. The first kappa shape index (κ1) is 13.1. The predicted molar refractivity (Wildman–Crippen MR) is 80.6 cm³/mol. The highest BCUT2D eigenvalue weighted by molar-refractivity contribution is 5.82. The highest BCUT2D eigenvalue weighted by Gasteiger charge is 2.46. The van der Waals surface area contributed by atoms with Crippen LogP contribution in [-0.4, -0.2) is 28.6 Å². The summed E-state index contributed by atoms with van der Waals surface area (Å²) in [5.41, 5.74) is 2.58. The van der Waals surface area contributed by atoms with Crippen molar-refractivity contribution in [2.45, 2.75) is 37.8 Å². The number of amides is 1. The molecule has 2 aliphatic heterocycles. The Kier molecular flexibility index (Phi) is 3.11. The Morgan fingerprint density at radius 1 is 1.29 bits per heavy atom. The fourth-order valence-electron chi connectivity index (χ4n) is 4.42. The number of piperidine rings is 1. The second-order valence-corrected chi connectivity index (χ2v) is 6.51. The van der Waals surface area contributed by atoms with Crippen LogP contribution in [0, 0.1) is 11.8 Å². The Hall–Kier alpha value is -1.61. The Bertz CT molecular complexity index is 595. The number of carbonyl (C=O) groups is 1. The monoisotopic (exact) mass is 283 g/mol. The van der Waals surface area contributed by atoms with Crippen molar-refractivity contribution in [2.24, 2.45) is 11.8 Å². The maximum atomic E-state index is 13.0. The van der Waals surface area contributed by atoms with Gasteiger partial charge in [0, 0.05) is 5.92 Å². The summed E-state index contributed by atoms with van der Waals surface area (Å²) in [5, 5.41) is 9.76. The van der Waals surface area contributed by atoms with Gasteiger partial charge < -0.3 is 10.0 Å². The molecule has 0 saturated carbocycles. The molecule has 21 heavy (non-hydrogen) atoms. The Morgan fingerprint density at radius 2 is 2.14 bits per heavy atom. The lowest BCUT2D eigenvalue weighted by Crippen LogP contribution is -2.56. The third-order valence-electron chi connectivity index (χ3n) is 5.42. The van der Waals surface area contributed by atoms with Crippen molar-refractivity contribution in [1.82, 2.24) is 4.90 Å².